The van der Waals surface area contributed by atoms with E-state index in [0.29, 0.717) is 41.7 Å². The van der Waals surface area contributed by atoms with Crippen molar-refractivity contribution in [3.8, 4) is 5.88 Å². The van der Waals surface area contributed by atoms with Gasteiger partial charge in [-0.1, -0.05) is 6.07 Å². The summed E-state index contributed by atoms with van der Waals surface area (Å²) in [6.45, 7) is 7.42. The van der Waals surface area contributed by atoms with Crippen molar-refractivity contribution >= 4 is 22.7 Å². The van der Waals surface area contributed by atoms with Crippen molar-refractivity contribution in [2.75, 3.05) is 47.4 Å². The number of aromatic nitrogens is 2. The number of pyridine rings is 1. The second-order valence-corrected chi connectivity index (χ2v) is 8.81. The molecule has 2 aromatic rings. The Bertz CT molecular complexity index is 1090. The molecular formula is C23H32N5O3+. The highest BCUT2D eigenvalue weighted by Crippen LogP contribution is 2.34. The molecule has 0 fully saturated rings. The normalized spacial score (nSPS) is 16.0. The molecule has 2 N–H and O–H groups in total. The lowest BCUT2D eigenvalue weighted by Crippen LogP contribution is -2.38. The van der Waals surface area contributed by atoms with Gasteiger partial charge in [-0.15, -0.1) is 5.10 Å². The molecule has 0 saturated heterocycles. The Morgan fingerprint density at radius 1 is 1.19 bits per heavy atom. The lowest BCUT2D eigenvalue weighted by atomic mass is 10.0. The van der Waals surface area contributed by atoms with Gasteiger partial charge >= 0.3 is 0 Å². The Morgan fingerprint density at radius 2 is 1.94 bits per heavy atom. The monoisotopic (exact) mass is 426 g/mol. The second kappa shape index (κ2) is 9.03. The number of carbonyl (C=O) groups excluding carboxylic acids is 1. The molecule has 0 aromatic carbocycles. The van der Waals surface area contributed by atoms with E-state index in [2.05, 4.69) is 26.5 Å². The fourth-order valence-electron chi connectivity index (χ4n) is 3.14. The van der Waals surface area contributed by atoms with E-state index < -0.39 is 0 Å². The minimum absolute atomic E-state index is 0.0455. The van der Waals surface area contributed by atoms with Crippen molar-refractivity contribution in [3.05, 3.63) is 46.8 Å². The highest BCUT2D eigenvalue weighted by atomic mass is 16.5. The van der Waals surface area contributed by atoms with Gasteiger partial charge < -0.3 is 19.6 Å². The number of carbonyl (C=O) groups is 1. The third kappa shape index (κ3) is 5.21. The zero-order valence-corrected chi connectivity index (χ0v) is 19.2. The quantitative estimate of drug-likeness (QED) is 0.499. The first-order valence-electron chi connectivity index (χ1n) is 10.4. The van der Waals surface area contributed by atoms with Crippen molar-refractivity contribution < 1.29 is 19.1 Å². The largest absolute Gasteiger partial charge is 0.469 e. The SMILES string of the molecule is CC1=C/C(=N\c2c(OCC[N+](C)(C)C)nn3c(C)c(C)ccc23)C(NCCO)=CC1=O. The van der Waals surface area contributed by atoms with Crippen LogP contribution in [0.5, 0.6) is 5.88 Å². The van der Waals surface area contributed by atoms with Gasteiger partial charge in [0.2, 0.25) is 0 Å². The number of ether oxygens (including phenoxy) is 1. The molecule has 0 saturated carbocycles. The van der Waals surface area contributed by atoms with Crippen molar-refractivity contribution in [2.24, 2.45) is 4.99 Å². The molecule has 1 aliphatic carbocycles. The smallest absolute Gasteiger partial charge is 0.260 e. The fourth-order valence-corrected chi connectivity index (χ4v) is 3.14. The highest BCUT2D eigenvalue weighted by Gasteiger charge is 2.21. The van der Waals surface area contributed by atoms with Crippen LogP contribution in [0.1, 0.15) is 18.2 Å². The van der Waals surface area contributed by atoms with Gasteiger partial charge in [0.15, 0.2) is 11.5 Å². The van der Waals surface area contributed by atoms with Crippen molar-refractivity contribution in [2.45, 2.75) is 20.8 Å². The van der Waals surface area contributed by atoms with Crippen LogP contribution in [-0.2, 0) is 4.79 Å². The molecule has 2 heterocycles. The zero-order chi connectivity index (χ0) is 22.8. The van der Waals surface area contributed by atoms with Gasteiger partial charge in [-0.25, -0.2) is 9.51 Å². The van der Waals surface area contributed by atoms with E-state index in [1.54, 1.807) is 13.0 Å². The molecule has 0 atom stereocenters. The molecule has 3 rings (SSSR count). The molecule has 0 spiro atoms. The first-order valence-corrected chi connectivity index (χ1v) is 10.4. The lowest BCUT2D eigenvalue weighted by Gasteiger charge is -2.23. The van der Waals surface area contributed by atoms with E-state index in [-0.39, 0.29) is 12.4 Å². The maximum atomic E-state index is 12.2. The van der Waals surface area contributed by atoms with Crippen molar-refractivity contribution in [1.82, 2.24) is 14.9 Å². The Balaban J connectivity index is 2.10. The fraction of sp³-hybridized carbons (Fsp3) is 0.435. The predicted octanol–water partition coefficient (Wildman–Crippen LogP) is 2.10. The number of aryl methyl sites for hydroxylation is 2. The van der Waals surface area contributed by atoms with Crippen LogP contribution in [0.4, 0.5) is 5.69 Å². The summed E-state index contributed by atoms with van der Waals surface area (Å²) in [5.74, 6) is 0.379. The van der Waals surface area contributed by atoms with Gasteiger partial charge in [0.25, 0.3) is 5.88 Å². The number of quaternary nitrogens is 1. The van der Waals surface area contributed by atoms with Gasteiger partial charge in [0.05, 0.1) is 44.7 Å². The first-order chi connectivity index (χ1) is 14.6. The summed E-state index contributed by atoms with van der Waals surface area (Å²) in [4.78, 5) is 17.0. The summed E-state index contributed by atoms with van der Waals surface area (Å²) in [5, 5.41) is 17.0. The number of nitrogens with zero attached hydrogens (tertiary/aromatic N) is 4. The molecule has 1 aliphatic rings. The summed E-state index contributed by atoms with van der Waals surface area (Å²) in [6, 6.07) is 4.02. The van der Waals surface area contributed by atoms with Crippen LogP contribution in [-0.4, -0.2) is 78.1 Å². The number of aliphatic imine (C=N–C) groups is 1. The number of aliphatic hydroxyl groups excluding tert-OH is 1. The molecule has 8 nitrogen and oxygen atoms in total. The Hall–Kier alpha value is -2.97. The van der Waals surface area contributed by atoms with Crippen molar-refractivity contribution in [1.29, 1.82) is 0 Å². The van der Waals surface area contributed by atoms with E-state index in [9.17, 15) is 9.90 Å². The number of allylic oxidation sites excluding steroid dienone is 3. The average Bonchev–Trinajstić information content (AvgIpc) is 3.03. The third-order valence-corrected chi connectivity index (χ3v) is 5.20. The minimum Gasteiger partial charge on any atom is -0.469 e. The summed E-state index contributed by atoms with van der Waals surface area (Å²) in [5.41, 5.74) is 5.37. The summed E-state index contributed by atoms with van der Waals surface area (Å²) in [7, 11) is 6.33. The van der Waals surface area contributed by atoms with Gasteiger partial charge in [-0.05, 0) is 44.1 Å². The molecule has 31 heavy (non-hydrogen) atoms. The number of aliphatic hydroxyl groups is 1. The lowest BCUT2D eigenvalue weighted by molar-refractivity contribution is -0.870. The van der Waals surface area contributed by atoms with Crippen LogP contribution in [0.15, 0.2) is 40.5 Å². The first kappa shape index (κ1) is 22.7. The van der Waals surface area contributed by atoms with Gasteiger partial charge in [0, 0.05) is 18.3 Å². The van der Waals surface area contributed by atoms with Crippen LogP contribution in [0.3, 0.4) is 0 Å². The van der Waals surface area contributed by atoms with Crippen LogP contribution in [0, 0.1) is 13.8 Å². The van der Waals surface area contributed by atoms with Crippen LogP contribution in [0.2, 0.25) is 0 Å². The Labute approximate surface area is 183 Å². The topological polar surface area (TPSA) is 88.2 Å². The number of likely N-dealkylation sites (N-methyl/N-ethyl adjacent to an activating group) is 1. The molecule has 2 aromatic heterocycles. The highest BCUT2D eigenvalue weighted by molar-refractivity contribution is 6.22. The maximum absolute atomic E-state index is 12.2. The van der Waals surface area contributed by atoms with E-state index in [1.165, 1.54) is 6.08 Å². The number of hydrogen-bond donors (Lipinski definition) is 2. The average molecular weight is 427 g/mol. The van der Waals surface area contributed by atoms with E-state index in [0.717, 1.165) is 27.8 Å². The van der Waals surface area contributed by atoms with Crippen LogP contribution >= 0.6 is 0 Å². The van der Waals surface area contributed by atoms with E-state index >= 15 is 0 Å². The molecular weight excluding hydrogens is 394 g/mol. The molecule has 8 heteroatoms. The number of nitrogens with one attached hydrogen (secondary N) is 1. The second-order valence-electron chi connectivity index (χ2n) is 8.81. The maximum Gasteiger partial charge on any atom is 0.260 e. The van der Waals surface area contributed by atoms with Gasteiger partial charge in [-0.2, -0.15) is 0 Å². The van der Waals surface area contributed by atoms with Crippen LogP contribution in [0.25, 0.3) is 5.52 Å². The molecule has 0 unspecified atom stereocenters. The molecule has 0 aliphatic heterocycles. The molecule has 0 radical (unpaired) electrons. The standard InChI is InChI=1S/C23H31N5O3/c1-15-7-8-20-22(23(26-27(20)17(15)3)31-12-10-28(4,5)6)25-19-13-16(2)21(30)14-18(19)24-9-11-29/h7-8,13-14,29H,9-12H2,1-6H3/p+1/b25-19+. The van der Waals surface area contributed by atoms with Crippen LogP contribution < -0.4 is 10.1 Å². The number of hydrogen-bond acceptors (Lipinski definition) is 6. The third-order valence-electron chi connectivity index (χ3n) is 5.20. The van der Waals surface area contributed by atoms with E-state index in [1.807, 2.05) is 30.5 Å². The van der Waals surface area contributed by atoms with E-state index in [4.69, 9.17) is 14.8 Å². The summed E-state index contributed by atoms with van der Waals surface area (Å²) in [6.07, 6.45) is 3.27. The Morgan fingerprint density at radius 3 is 2.61 bits per heavy atom. The Kier molecular flexibility index (Phi) is 6.62. The number of fused-ring (bicyclic) bond motifs is 1. The van der Waals surface area contributed by atoms with Crippen molar-refractivity contribution in [3.63, 3.8) is 0 Å². The minimum atomic E-state index is -0.0786. The summed E-state index contributed by atoms with van der Waals surface area (Å²) < 4.78 is 8.70. The zero-order valence-electron chi connectivity index (χ0n) is 19.2. The predicted molar refractivity (Wildman–Crippen MR) is 122 cm³/mol. The molecule has 0 bridgehead atoms. The molecule has 0 amide bonds. The molecule has 166 valence electrons. The number of rotatable bonds is 8. The van der Waals surface area contributed by atoms with Gasteiger partial charge in [-0.3, -0.25) is 4.79 Å². The van der Waals surface area contributed by atoms with Gasteiger partial charge in [0.1, 0.15) is 13.2 Å². The number of ketones is 1. The summed E-state index contributed by atoms with van der Waals surface area (Å²) >= 11 is 0.